The van der Waals surface area contributed by atoms with Gasteiger partial charge in [-0.2, -0.15) is 0 Å². The second-order valence-corrected chi connectivity index (χ2v) is 5.56. The van der Waals surface area contributed by atoms with Gasteiger partial charge in [-0.3, -0.25) is 9.59 Å². The van der Waals surface area contributed by atoms with Crippen LogP contribution in [0.5, 0.6) is 0 Å². The molecule has 0 unspecified atom stereocenters. The second-order valence-electron chi connectivity index (χ2n) is 4.74. The zero-order valence-electron chi connectivity index (χ0n) is 12.3. The Morgan fingerprint density at radius 2 is 1.90 bits per heavy atom. The highest BCUT2D eigenvalue weighted by Crippen LogP contribution is 2.22. The van der Waals surface area contributed by atoms with Gasteiger partial charge in [0.1, 0.15) is 0 Å². The van der Waals surface area contributed by atoms with Gasteiger partial charge in [0.2, 0.25) is 5.91 Å². The molecule has 1 N–H and O–H groups in total. The van der Waals surface area contributed by atoms with Crippen molar-refractivity contribution in [2.75, 3.05) is 19.6 Å². The molecule has 116 valence electrons. The van der Waals surface area contributed by atoms with Gasteiger partial charge < -0.3 is 10.2 Å². The van der Waals surface area contributed by atoms with E-state index < -0.39 is 0 Å². The molecule has 0 heterocycles. The average molecular weight is 331 g/mol. The fourth-order valence-electron chi connectivity index (χ4n) is 1.82. The third kappa shape index (κ3) is 5.94. The Labute approximate surface area is 135 Å². The van der Waals surface area contributed by atoms with E-state index in [2.05, 4.69) is 12.2 Å². The molecule has 1 aromatic rings. The Hall–Kier alpha value is -1.26. The maximum absolute atomic E-state index is 12.0. The number of rotatable bonds is 7. The molecule has 2 amide bonds. The molecule has 0 spiro atoms. The third-order valence-electron chi connectivity index (χ3n) is 3.08. The number of benzene rings is 1. The van der Waals surface area contributed by atoms with Crippen molar-refractivity contribution >= 4 is 35.0 Å². The number of unbranched alkanes of at least 4 members (excludes halogenated alkanes) is 1. The van der Waals surface area contributed by atoms with Crippen LogP contribution >= 0.6 is 23.2 Å². The van der Waals surface area contributed by atoms with E-state index in [0.29, 0.717) is 35.2 Å². The van der Waals surface area contributed by atoms with Crippen molar-refractivity contribution in [3.63, 3.8) is 0 Å². The fourth-order valence-corrected chi connectivity index (χ4v) is 2.12. The summed E-state index contributed by atoms with van der Waals surface area (Å²) in [7, 11) is 0. The van der Waals surface area contributed by atoms with Gasteiger partial charge in [-0.15, -0.1) is 0 Å². The Bertz CT molecular complexity index is 506. The van der Waals surface area contributed by atoms with Crippen LogP contribution in [0.15, 0.2) is 18.2 Å². The summed E-state index contributed by atoms with van der Waals surface area (Å²) in [4.78, 5) is 25.2. The number of hydrogen-bond acceptors (Lipinski definition) is 2. The highest BCUT2D eigenvalue weighted by molar-refractivity contribution is 6.42. The Morgan fingerprint density at radius 1 is 1.19 bits per heavy atom. The molecule has 0 aliphatic heterocycles. The first-order valence-electron chi connectivity index (χ1n) is 6.94. The van der Waals surface area contributed by atoms with Gasteiger partial charge in [-0.25, -0.2) is 0 Å². The lowest BCUT2D eigenvalue weighted by molar-refractivity contribution is -0.128. The van der Waals surface area contributed by atoms with E-state index in [4.69, 9.17) is 23.2 Å². The van der Waals surface area contributed by atoms with Gasteiger partial charge in [0.05, 0.1) is 10.0 Å². The van der Waals surface area contributed by atoms with E-state index in [0.717, 1.165) is 12.8 Å². The Kier molecular flexibility index (Phi) is 7.54. The predicted molar refractivity (Wildman–Crippen MR) is 86.0 cm³/mol. The lowest BCUT2D eigenvalue weighted by Gasteiger charge is -2.20. The topological polar surface area (TPSA) is 49.4 Å². The summed E-state index contributed by atoms with van der Waals surface area (Å²) >= 11 is 11.7. The van der Waals surface area contributed by atoms with E-state index in [1.807, 2.05) is 0 Å². The lowest BCUT2D eigenvalue weighted by Crippen LogP contribution is -2.38. The zero-order valence-corrected chi connectivity index (χ0v) is 13.8. The summed E-state index contributed by atoms with van der Waals surface area (Å²) in [5.41, 5.74) is 0.451. The largest absolute Gasteiger partial charge is 0.350 e. The minimum atomic E-state index is -0.229. The summed E-state index contributed by atoms with van der Waals surface area (Å²) < 4.78 is 0. The van der Waals surface area contributed by atoms with Gasteiger partial charge in [0.25, 0.3) is 5.91 Å². The smallest absolute Gasteiger partial charge is 0.251 e. The number of amides is 2. The highest BCUT2D eigenvalue weighted by Gasteiger charge is 2.10. The van der Waals surface area contributed by atoms with E-state index in [-0.39, 0.29) is 11.8 Å². The molecular weight excluding hydrogens is 311 g/mol. The molecule has 0 fully saturated rings. The molecule has 0 radical (unpaired) electrons. The van der Waals surface area contributed by atoms with Crippen molar-refractivity contribution in [3.8, 4) is 0 Å². The maximum atomic E-state index is 12.0. The van der Waals surface area contributed by atoms with Gasteiger partial charge in [0, 0.05) is 32.1 Å². The number of carbonyl (C=O) groups is 2. The van der Waals surface area contributed by atoms with Gasteiger partial charge in [-0.1, -0.05) is 36.5 Å². The molecule has 0 saturated heterocycles. The lowest BCUT2D eigenvalue weighted by atomic mass is 10.2. The molecule has 0 saturated carbocycles. The summed E-state index contributed by atoms with van der Waals surface area (Å²) in [6, 6.07) is 4.73. The van der Waals surface area contributed by atoms with Crippen molar-refractivity contribution in [3.05, 3.63) is 33.8 Å². The molecule has 21 heavy (non-hydrogen) atoms. The first kappa shape index (κ1) is 17.8. The fraction of sp³-hybridized carbons (Fsp3) is 0.467. The maximum Gasteiger partial charge on any atom is 0.251 e. The van der Waals surface area contributed by atoms with Crippen molar-refractivity contribution in [1.29, 1.82) is 0 Å². The molecule has 0 aromatic heterocycles. The molecule has 1 aromatic carbocycles. The minimum absolute atomic E-state index is 0.0206. The molecule has 4 nitrogen and oxygen atoms in total. The minimum Gasteiger partial charge on any atom is -0.350 e. The van der Waals surface area contributed by atoms with E-state index in [1.54, 1.807) is 17.0 Å². The highest BCUT2D eigenvalue weighted by atomic mass is 35.5. The van der Waals surface area contributed by atoms with Crippen LogP contribution in [-0.2, 0) is 4.79 Å². The molecule has 1 rings (SSSR count). The van der Waals surface area contributed by atoms with E-state index in [9.17, 15) is 9.59 Å². The number of hydrogen-bond donors (Lipinski definition) is 1. The van der Waals surface area contributed by atoms with E-state index >= 15 is 0 Å². The SMILES string of the molecule is CCCCN(CCNC(=O)c1ccc(Cl)c(Cl)c1)C(C)=O. The van der Waals surface area contributed by atoms with Crippen LogP contribution in [0, 0.1) is 0 Å². The van der Waals surface area contributed by atoms with Crippen LogP contribution in [0.3, 0.4) is 0 Å². The third-order valence-corrected chi connectivity index (χ3v) is 3.82. The number of halogens is 2. The van der Waals surface area contributed by atoms with Crippen LogP contribution < -0.4 is 5.32 Å². The number of carbonyl (C=O) groups excluding carboxylic acids is 2. The standard InChI is InChI=1S/C15H20Cl2N2O2/c1-3-4-8-19(11(2)20)9-7-18-15(21)12-5-6-13(16)14(17)10-12/h5-6,10H,3-4,7-9H2,1-2H3,(H,18,21). The van der Waals surface area contributed by atoms with Crippen LogP contribution in [0.1, 0.15) is 37.0 Å². The van der Waals surface area contributed by atoms with E-state index in [1.165, 1.54) is 13.0 Å². The van der Waals surface area contributed by atoms with Crippen molar-refractivity contribution < 1.29 is 9.59 Å². The molecule has 0 aliphatic carbocycles. The van der Waals surface area contributed by atoms with Crippen LogP contribution in [0.25, 0.3) is 0 Å². The van der Waals surface area contributed by atoms with Crippen molar-refractivity contribution in [2.45, 2.75) is 26.7 Å². The van der Waals surface area contributed by atoms with Gasteiger partial charge >= 0.3 is 0 Å². The normalized spacial score (nSPS) is 10.3. The summed E-state index contributed by atoms with van der Waals surface area (Å²) in [5.74, 6) is -0.209. The van der Waals surface area contributed by atoms with Gasteiger partial charge in [-0.05, 0) is 24.6 Å². The van der Waals surface area contributed by atoms with Crippen molar-refractivity contribution in [1.82, 2.24) is 10.2 Å². The Balaban J connectivity index is 2.48. The second kappa shape index (κ2) is 8.90. The van der Waals surface area contributed by atoms with Crippen LogP contribution in [-0.4, -0.2) is 36.3 Å². The first-order chi connectivity index (χ1) is 9.95. The molecular formula is C15H20Cl2N2O2. The molecule has 0 bridgehead atoms. The molecule has 0 atom stereocenters. The quantitative estimate of drug-likeness (QED) is 0.833. The van der Waals surface area contributed by atoms with Crippen LogP contribution in [0.2, 0.25) is 10.0 Å². The number of nitrogens with one attached hydrogen (secondary N) is 1. The average Bonchev–Trinajstić information content (AvgIpc) is 2.44. The summed E-state index contributed by atoms with van der Waals surface area (Å²) in [6.45, 7) is 5.24. The Morgan fingerprint density at radius 3 is 2.48 bits per heavy atom. The predicted octanol–water partition coefficient (Wildman–Crippen LogP) is 3.37. The number of nitrogens with zero attached hydrogens (tertiary/aromatic N) is 1. The first-order valence-corrected chi connectivity index (χ1v) is 7.70. The zero-order chi connectivity index (χ0) is 15.8. The van der Waals surface area contributed by atoms with Crippen LogP contribution in [0.4, 0.5) is 0 Å². The monoisotopic (exact) mass is 330 g/mol. The summed E-state index contributed by atoms with van der Waals surface area (Å²) in [5, 5.41) is 3.53. The molecule has 0 aliphatic rings. The van der Waals surface area contributed by atoms with Gasteiger partial charge in [0.15, 0.2) is 0 Å². The molecule has 6 heteroatoms. The van der Waals surface area contributed by atoms with Crippen molar-refractivity contribution in [2.24, 2.45) is 0 Å². The summed E-state index contributed by atoms with van der Waals surface area (Å²) in [6.07, 6.45) is 1.99.